The largest absolute Gasteiger partial charge is 0.495 e. The molecule has 1 atom stereocenters. The molecule has 1 amide bonds. The summed E-state index contributed by atoms with van der Waals surface area (Å²) < 4.78 is 47.8. The van der Waals surface area contributed by atoms with E-state index < -0.39 is 22.0 Å². The lowest BCUT2D eigenvalue weighted by Gasteiger charge is -2.31. The number of nitrogens with zero attached hydrogens (tertiary/aromatic N) is 3. The van der Waals surface area contributed by atoms with E-state index in [4.69, 9.17) is 25.8 Å². The zero-order valence-electron chi connectivity index (χ0n) is 20.2. The summed E-state index contributed by atoms with van der Waals surface area (Å²) >= 11 is 8.26. The maximum Gasteiger partial charge on any atom is 0.266 e. The minimum atomic E-state index is -3.88. The van der Waals surface area contributed by atoms with Crippen LogP contribution in [0, 0.1) is 0 Å². The number of carbonyl (C=O) groups is 1. The molecule has 4 rings (SSSR count). The molecule has 2 aromatic heterocycles. The van der Waals surface area contributed by atoms with Gasteiger partial charge in [0.1, 0.15) is 32.0 Å². The molecule has 3 aromatic rings. The first-order valence-corrected chi connectivity index (χ1v) is 14.9. The van der Waals surface area contributed by atoms with Gasteiger partial charge >= 0.3 is 0 Å². The SMILES string of the molecule is CCOCCn1c(=NC(=O)C2CCCCN2S(=O)(=O)c2ccc(Cl)s2)sc2c(OC)ccc(OC)c21. The molecule has 1 aliphatic rings. The van der Waals surface area contributed by atoms with Gasteiger partial charge in [-0.25, -0.2) is 8.42 Å². The number of fused-ring (bicyclic) bond motifs is 1. The number of hydrogen-bond donors (Lipinski definition) is 0. The Labute approximate surface area is 222 Å². The van der Waals surface area contributed by atoms with Gasteiger partial charge in [0, 0.05) is 19.7 Å². The molecule has 9 nitrogen and oxygen atoms in total. The first-order chi connectivity index (χ1) is 17.3. The van der Waals surface area contributed by atoms with Crippen LogP contribution < -0.4 is 14.3 Å². The molecule has 0 spiro atoms. The highest BCUT2D eigenvalue weighted by Gasteiger charge is 2.38. The summed E-state index contributed by atoms with van der Waals surface area (Å²) in [6.07, 6.45) is 1.81. The van der Waals surface area contributed by atoms with E-state index in [1.165, 1.54) is 21.7 Å². The van der Waals surface area contributed by atoms with E-state index in [2.05, 4.69) is 4.99 Å². The lowest BCUT2D eigenvalue weighted by Crippen LogP contribution is -2.47. The smallest absolute Gasteiger partial charge is 0.266 e. The van der Waals surface area contributed by atoms with Crippen molar-refractivity contribution < 1.29 is 27.4 Å². The number of sulfonamides is 1. The summed E-state index contributed by atoms with van der Waals surface area (Å²) in [4.78, 5) is 18.4. The monoisotopic (exact) mass is 573 g/mol. The standard InChI is InChI=1S/C23H28ClN3O6S3/c1-4-33-14-13-26-20-16(31-2)8-9-17(32-3)21(20)35-23(26)25-22(28)15-7-5-6-12-27(15)36(29,30)19-11-10-18(24)34-19/h8-11,15H,4-7,12-14H2,1-3H3. The molecule has 1 aromatic carbocycles. The predicted molar refractivity (Wildman–Crippen MR) is 141 cm³/mol. The zero-order valence-corrected chi connectivity index (χ0v) is 23.4. The van der Waals surface area contributed by atoms with Crippen molar-refractivity contribution in [2.24, 2.45) is 4.99 Å². The summed E-state index contributed by atoms with van der Waals surface area (Å²) in [5.41, 5.74) is 0.745. The Morgan fingerprint density at radius 2 is 1.89 bits per heavy atom. The lowest BCUT2D eigenvalue weighted by molar-refractivity contribution is -0.122. The van der Waals surface area contributed by atoms with Crippen LogP contribution in [0.15, 0.2) is 33.5 Å². The second-order valence-electron chi connectivity index (χ2n) is 8.02. The molecule has 13 heteroatoms. The fourth-order valence-electron chi connectivity index (χ4n) is 4.21. The molecular weight excluding hydrogens is 546 g/mol. The van der Waals surface area contributed by atoms with Crippen molar-refractivity contribution in [3.8, 4) is 11.5 Å². The summed E-state index contributed by atoms with van der Waals surface area (Å²) in [5, 5.41) is 0. The summed E-state index contributed by atoms with van der Waals surface area (Å²) in [6.45, 7) is 3.56. The fourth-order valence-corrected chi connectivity index (χ4v) is 8.64. The van der Waals surface area contributed by atoms with Crippen molar-refractivity contribution >= 4 is 60.4 Å². The van der Waals surface area contributed by atoms with E-state index in [0.717, 1.165) is 28.0 Å². The third kappa shape index (κ3) is 5.34. The van der Waals surface area contributed by atoms with E-state index in [1.54, 1.807) is 32.4 Å². The number of carbonyl (C=O) groups excluding carboxylic acids is 1. The van der Waals surface area contributed by atoms with Crippen LogP contribution in [-0.2, 0) is 26.1 Å². The van der Waals surface area contributed by atoms with Crippen molar-refractivity contribution in [3.05, 3.63) is 33.4 Å². The number of methoxy groups -OCH3 is 2. The van der Waals surface area contributed by atoms with E-state index in [9.17, 15) is 13.2 Å². The second kappa shape index (κ2) is 11.6. The first kappa shape index (κ1) is 27.1. The Balaban J connectivity index is 1.80. The van der Waals surface area contributed by atoms with Crippen molar-refractivity contribution in [2.45, 2.75) is 43.0 Å². The van der Waals surface area contributed by atoms with Crippen molar-refractivity contribution in [3.63, 3.8) is 0 Å². The fraction of sp³-hybridized carbons (Fsp3) is 0.478. The number of hydrogen-bond acceptors (Lipinski definition) is 8. The van der Waals surface area contributed by atoms with Gasteiger partial charge in [0.15, 0.2) is 4.80 Å². The molecule has 0 aliphatic carbocycles. The number of benzene rings is 1. The van der Waals surface area contributed by atoms with E-state index in [-0.39, 0.29) is 10.8 Å². The normalized spacial score (nSPS) is 17.6. The Morgan fingerprint density at radius 1 is 1.14 bits per heavy atom. The third-order valence-corrected chi connectivity index (χ3v) is 10.6. The first-order valence-electron chi connectivity index (χ1n) is 11.5. The molecule has 0 bridgehead atoms. The minimum absolute atomic E-state index is 0.121. The molecule has 0 saturated carbocycles. The Morgan fingerprint density at radius 3 is 2.56 bits per heavy atom. The number of thiazole rings is 1. The van der Waals surface area contributed by atoms with Crippen LogP contribution in [0.1, 0.15) is 26.2 Å². The summed E-state index contributed by atoms with van der Waals surface area (Å²) in [7, 11) is -0.721. The van der Waals surface area contributed by atoms with Gasteiger partial charge in [-0.2, -0.15) is 9.30 Å². The highest BCUT2D eigenvalue weighted by molar-refractivity contribution is 7.91. The number of aromatic nitrogens is 1. The Hall–Kier alpha value is -1.96. The van der Waals surface area contributed by atoms with Crippen LogP contribution >= 0.6 is 34.3 Å². The van der Waals surface area contributed by atoms with E-state index in [0.29, 0.717) is 53.2 Å². The van der Waals surface area contributed by atoms with Gasteiger partial charge in [-0.15, -0.1) is 11.3 Å². The number of halogens is 1. The molecule has 0 radical (unpaired) electrons. The maximum atomic E-state index is 13.5. The molecule has 0 N–H and O–H groups in total. The van der Waals surface area contributed by atoms with Gasteiger partial charge in [0.05, 0.1) is 25.2 Å². The average molecular weight is 574 g/mol. The molecule has 36 heavy (non-hydrogen) atoms. The van der Waals surface area contributed by atoms with Gasteiger partial charge in [-0.05, 0) is 44.0 Å². The highest BCUT2D eigenvalue weighted by atomic mass is 35.5. The van der Waals surface area contributed by atoms with E-state index >= 15 is 0 Å². The Kier molecular flexibility index (Phi) is 8.74. The Bertz CT molecular complexity index is 1410. The summed E-state index contributed by atoms with van der Waals surface area (Å²) in [6, 6.07) is 5.74. The van der Waals surface area contributed by atoms with Gasteiger partial charge in [0.25, 0.3) is 15.9 Å². The lowest BCUT2D eigenvalue weighted by atomic mass is 10.0. The number of thiophene rings is 1. The van der Waals surface area contributed by atoms with Gasteiger partial charge in [-0.1, -0.05) is 29.4 Å². The maximum absolute atomic E-state index is 13.5. The topological polar surface area (TPSA) is 99.4 Å². The number of amides is 1. The van der Waals surface area contributed by atoms with Crippen LogP contribution in [0.2, 0.25) is 4.34 Å². The minimum Gasteiger partial charge on any atom is -0.495 e. The average Bonchev–Trinajstić information content (AvgIpc) is 3.48. The molecule has 1 fully saturated rings. The molecule has 1 aliphatic heterocycles. The zero-order chi connectivity index (χ0) is 25.9. The molecule has 196 valence electrons. The van der Waals surface area contributed by atoms with Crippen molar-refractivity contribution in [1.82, 2.24) is 8.87 Å². The van der Waals surface area contributed by atoms with Crippen LogP contribution in [0.25, 0.3) is 10.2 Å². The molecular formula is C23H28ClN3O6S3. The highest BCUT2D eigenvalue weighted by Crippen LogP contribution is 2.35. The van der Waals surface area contributed by atoms with Gasteiger partial charge < -0.3 is 18.8 Å². The van der Waals surface area contributed by atoms with Crippen LogP contribution in [0.4, 0.5) is 0 Å². The predicted octanol–water partition coefficient (Wildman–Crippen LogP) is 4.14. The quantitative estimate of drug-likeness (QED) is 0.357. The van der Waals surface area contributed by atoms with Crippen LogP contribution in [-0.4, -0.2) is 63.2 Å². The van der Waals surface area contributed by atoms with E-state index in [1.807, 2.05) is 11.5 Å². The third-order valence-electron chi connectivity index (χ3n) is 5.91. The van der Waals surface area contributed by atoms with Crippen LogP contribution in [0.5, 0.6) is 11.5 Å². The molecule has 3 heterocycles. The van der Waals surface area contributed by atoms with Crippen LogP contribution in [0.3, 0.4) is 0 Å². The summed E-state index contributed by atoms with van der Waals surface area (Å²) in [5.74, 6) is 0.741. The van der Waals surface area contributed by atoms with Gasteiger partial charge in [-0.3, -0.25) is 4.79 Å². The van der Waals surface area contributed by atoms with Crippen molar-refractivity contribution in [2.75, 3.05) is 34.0 Å². The van der Waals surface area contributed by atoms with Gasteiger partial charge in [0.2, 0.25) is 0 Å². The van der Waals surface area contributed by atoms with Crippen molar-refractivity contribution in [1.29, 1.82) is 0 Å². The number of rotatable bonds is 9. The molecule has 1 unspecified atom stereocenters. The molecule has 1 saturated heterocycles. The second-order valence-corrected chi connectivity index (χ2v) is 12.8. The number of ether oxygens (including phenoxy) is 3. The number of piperidine rings is 1.